The van der Waals surface area contributed by atoms with Gasteiger partial charge in [-0.15, -0.1) is 0 Å². The highest BCUT2D eigenvalue weighted by molar-refractivity contribution is 5.69. The Morgan fingerprint density at radius 1 is 1.60 bits per heavy atom. The molecule has 58 valence electrons. The lowest BCUT2D eigenvalue weighted by Gasteiger charge is -2.07. The highest BCUT2D eigenvalue weighted by Crippen LogP contribution is 1.96. The van der Waals surface area contributed by atoms with E-state index in [1.165, 1.54) is 13.8 Å². The first-order chi connectivity index (χ1) is 4.52. The van der Waals surface area contributed by atoms with Crippen LogP contribution in [0.1, 0.15) is 20.3 Å². The molecule has 0 spiro atoms. The zero-order valence-corrected chi connectivity index (χ0v) is 5.96. The van der Waals surface area contributed by atoms with E-state index >= 15 is 0 Å². The van der Waals surface area contributed by atoms with E-state index in [2.05, 4.69) is 4.74 Å². The second-order valence-corrected chi connectivity index (χ2v) is 2.02. The van der Waals surface area contributed by atoms with Crippen molar-refractivity contribution >= 4 is 11.9 Å². The van der Waals surface area contributed by atoms with Crippen molar-refractivity contribution in [3.8, 4) is 0 Å². The first-order valence-corrected chi connectivity index (χ1v) is 2.91. The molecule has 0 amide bonds. The summed E-state index contributed by atoms with van der Waals surface area (Å²) in [6.07, 6.45) is -0.672. The van der Waals surface area contributed by atoms with Crippen molar-refractivity contribution < 1.29 is 19.4 Å². The molecule has 4 nitrogen and oxygen atoms in total. The van der Waals surface area contributed by atoms with E-state index in [0.717, 1.165) is 0 Å². The molecule has 0 saturated carbocycles. The standard InChI is InChI=1S/C6H10O4/c1-4(3-6(8)9)10-5(2)7/h4H,3H2,1-2H3,(H,8,9). The number of hydrogen-bond donors (Lipinski definition) is 1. The van der Waals surface area contributed by atoms with E-state index in [9.17, 15) is 9.59 Å². The number of carbonyl (C=O) groups excluding carboxylic acids is 1. The second kappa shape index (κ2) is 3.87. The number of ether oxygens (including phenoxy) is 1. The van der Waals surface area contributed by atoms with E-state index < -0.39 is 18.0 Å². The third kappa shape index (κ3) is 5.08. The highest BCUT2D eigenvalue weighted by atomic mass is 16.5. The molecule has 0 heterocycles. The summed E-state index contributed by atoms with van der Waals surface area (Å²) in [5.74, 6) is -1.41. The zero-order valence-electron chi connectivity index (χ0n) is 5.96. The molecule has 0 rings (SSSR count). The topological polar surface area (TPSA) is 63.6 Å². The van der Waals surface area contributed by atoms with Gasteiger partial charge in [-0.05, 0) is 6.92 Å². The molecule has 0 aliphatic rings. The number of carboxylic acids is 1. The van der Waals surface area contributed by atoms with Crippen LogP contribution >= 0.6 is 0 Å². The van der Waals surface area contributed by atoms with E-state index in [0.29, 0.717) is 0 Å². The maximum Gasteiger partial charge on any atom is 0.307 e. The van der Waals surface area contributed by atoms with Gasteiger partial charge in [0.15, 0.2) is 0 Å². The van der Waals surface area contributed by atoms with Crippen molar-refractivity contribution in [2.24, 2.45) is 0 Å². The number of carbonyl (C=O) groups is 2. The molecule has 1 N–H and O–H groups in total. The van der Waals surface area contributed by atoms with Crippen LogP contribution in [0, 0.1) is 0 Å². The van der Waals surface area contributed by atoms with E-state index in [1.807, 2.05) is 0 Å². The molecule has 10 heavy (non-hydrogen) atoms. The van der Waals surface area contributed by atoms with Crippen LogP contribution in [0.5, 0.6) is 0 Å². The highest BCUT2D eigenvalue weighted by Gasteiger charge is 2.08. The summed E-state index contributed by atoms with van der Waals surface area (Å²) in [6.45, 7) is 2.79. The fourth-order valence-electron chi connectivity index (χ4n) is 0.571. The number of carboxylic acid groups (broad SMARTS) is 1. The third-order valence-corrected chi connectivity index (χ3v) is 0.829. The number of hydrogen-bond acceptors (Lipinski definition) is 3. The summed E-state index contributed by atoms with van der Waals surface area (Å²) in [4.78, 5) is 20.2. The number of rotatable bonds is 3. The second-order valence-electron chi connectivity index (χ2n) is 2.02. The SMILES string of the molecule is CC(=O)OC(C)CC(=O)O. The maximum atomic E-state index is 10.2. The molecule has 1 unspecified atom stereocenters. The molecule has 1 atom stereocenters. The van der Waals surface area contributed by atoms with Crippen LogP contribution in [0.15, 0.2) is 0 Å². The van der Waals surface area contributed by atoms with Gasteiger partial charge in [0.05, 0.1) is 6.42 Å². The average Bonchev–Trinajstić information content (AvgIpc) is 1.58. The smallest absolute Gasteiger partial charge is 0.307 e. The van der Waals surface area contributed by atoms with Gasteiger partial charge in [0.2, 0.25) is 0 Å². The van der Waals surface area contributed by atoms with Crippen LogP contribution in [0.2, 0.25) is 0 Å². The largest absolute Gasteiger partial charge is 0.481 e. The molecule has 0 aromatic heterocycles. The summed E-state index contributed by atoms with van der Waals surface area (Å²) < 4.78 is 4.54. The Labute approximate surface area is 58.8 Å². The van der Waals surface area contributed by atoms with Gasteiger partial charge in [0.25, 0.3) is 0 Å². The lowest BCUT2D eigenvalue weighted by atomic mass is 10.3. The fraction of sp³-hybridized carbons (Fsp3) is 0.667. The van der Waals surface area contributed by atoms with Crippen LogP contribution < -0.4 is 0 Å². The first-order valence-electron chi connectivity index (χ1n) is 2.91. The Morgan fingerprint density at radius 3 is 2.40 bits per heavy atom. The molecular formula is C6H10O4. The Morgan fingerprint density at radius 2 is 2.10 bits per heavy atom. The van der Waals surface area contributed by atoms with E-state index in [4.69, 9.17) is 5.11 Å². The summed E-state index contributed by atoms with van der Waals surface area (Å²) in [6, 6.07) is 0. The van der Waals surface area contributed by atoms with Gasteiger partial charge in [-0.3, -0.25) is 9.59 Å². The van der Waals surface area contributed by atoms with Crippen molar-refractivity contribution in [3.63, 3.8) is 0 Å². The molecule has 4 heteroatoms. The molecule has 0 aromatic carbocycles. The van der Waals surface area contributed by atoms with E-state index in [-0.39, 0.29) is 6.42 Å². The minimum Gasteiger partial charge on any atom is -0.481 e. The van der Waals surface area contributed by atoms with Crippen molar-refractivity contribution in [1.29, 1.82) is 0 Å². The summed E-state index contributed by atoms with van der Waals surface area (Å²) in [5, 5.41) is 8.21. The molecule has 0 saturated heterocycles. The Bertz CT molecular complexity index is 125. The summed E-state index contributed by atoms with van der Waals surface area (Å²) in [7, 11) is 0. The Kier molecular flexibility index (Phi) is 3.46. The fourth-order valence-corrected chi connectivity index (χ4v) is 0.571. The first kappa shape index (κ1) is 8.94. The third-order valence-electron chi connectivity index (χ3n) is 0.829. The predicted octanol–water partition coefficient (Wildman–Crippen LogP) is 0.413. The van der Waals surface area contributed by atoms with Gasteiger partial charge in [-0.25, -0.2) is 0 Å². The lowest BCUT2D eigenvalue weighted by molar-refractivity contribution is -0.149. The summed E-state index contributed by atoms with van der Waals surface area (Å²) in [5.41, 5.74) is 0. The Balaban J connectivity index is 3.53. The molecule has 0 aliphatic carbocycles. The van der Waals surface area contributed by atoms with Gasteiger partial charge < -0.3 is 9.84 Å². The quantitative estimate of drug-likeness (QED) is 0.586. The van der Waals surface area contributed by atoms with Crippen molar-refractivity contribution in [1.82, 2.24) is 0 Å². The van der Waals surface area contributed by atoms with Gasteiger partial charge in [0.1, 0.15) is 6.10 Å². The van der Waals surface area contributed by atoms with Crippen LogP contribution in [-0.2, 0) is 14.3 Å². The number of esters is 1. The number of aliphatic carboxylic acids is 1. The molecule has 0 radical (unpaired) electrons. The van der Waals surface area contributed by atoms with Gasteiger partial charge in [-0.2, -0.15) is 0 Å². The minimum atomic E-state index is -0.964. The molecule has 0 aliphatic heterocycles. The van der Waals surface area contributed by atoms with Gasteiger partial charge in [-0.1, -0.05) is 0 Å². The van der Waals surface area contributed by atoms with Crippen molar-refractivity contribution in [3.05, 3.63) is 0 Å². The molecule has 0 aromatic rings. The predicted molar refractivity (Wildman–Crippen MR) is 33.5 cm³/mol. The van der Waals surface area contributed by atoms with Gasteiger partial charge in [0, 0.05) is 6.92 Å². The van der Waals surface area contributed by atoms with Crippen LogP contribution in [0.25, 0.3) is 0 Å². The van der Waals surface area contributed by atoms with Crippen molar-refractivity contribution in [2.45, 2.75) is 26.4 Å². The molecule has 0 fully saturated rings. The summed E-state index contributed by atoms with van der Waals surface area (Å²) >= 11 is 0. The normalized spacial score (nSPS) is 12.2. The minimum absolute atomic E-state index is 0.139. The van der Waals surface area contributed by atoms with Gasteiger partial charge >= 0.3 is 11.9 Å². The molecule has 0 bridgehead atoms. The zero-order chi connectivity index (χ0) is 8.15. The molecular weight excluding hydrogens is 136 g/mol. The lowest BCUT2D eigenvalue weighted by Crippen LogP contribution is -2.16. The van der Waals surface area contributed by atoms with Crippen LogP contribution in [0.3, 0.4) is 0 Å². The van der Waals surface area contributed by atoms with E-state index in [1.54, 1.807) is 0 Å². The maximum absolute atomic E-state index is 10.2. The van der Waals surface area contributed by atoms with Crippen LogP contribution in [-0.4, -0.2) is 23.1 Å². The van der Waals surface area contributed by atoms with Crippen LogP contribution in [0.4, 0.5) is 0 Å². The average molecular weight is 146 g/mol. The van der Waals surface area contributed by atoms with Crippen molar-refractivity contribution in [2.75, 3.05) is 0 Å². The Hall–Kier alpha value is -1.06. The monoisotopic (exact) mass is 146 g/mol.